The minimum atomic E-state index is 0.134. The summed E-state index contributed by atoms with van der Waals surface area (Å²) in [5.41, 5.74) is 4.99. The van der Waals surface area contributed by atoms with E-state index in [1.807, 2.05) is 18.7 Å². The van der Waals surface area contributed by atoms with Gasteiger partial charge in [0.15, 0.2) is 5.96 Å². The molecule has 33 heavy (non-hydrogen) atoms. The quantitative estimate of drug-likeness (QED) is 0.397. The Kier molecular flexibility index (Phi) is 8.14. The summed E-state index contributed by atoms with van der Waals surface area (Å²) in [6.07, 6.45) is 8.03. The molecule has 6 nitrogen and oxygen atoms in total. The first kappa shape index (κ1) is 23.1. The molecule has 1 aliphatic rings. The number of aliphatic imine (C=N–C) groups is 1. The van der Waals surface area contributed by atoms with Crippen molar-refractivity contribution in [3.05, 3.63) is 89.5 Å². The molecular formula is C27H35N5O. The number of aromatic nitrogens is 2. The molecule has 0 bridgehead atoms. The van der Waals surface area contributed by atoms with E-state index < -0.39 is 0 Å². The molecule has 174 valence electrons. The zero-order valence-corrected chi connectivity index (χ0v) is 19.7. The maximum Gasteiger partial charge on any atom is 0.191 e. The predicted octanol–water partition coefficient (Wildman–Crippen LogP) is 4.46. The molecule has 1 fully saturated rings. The van der Waals surface area contributed by atoms with Crippen molar-refractivity contribution >= 4 is 5.96 Å². The van der Waals surface area contributed by atoms with Gasteiger partial charge in [-0.1, -0.05) is 54.1 Å². The van der Waals surface area contributed by atoms with Crippen LogP contribution in [-0.4, -0.2) is 35.2 Å². The van der Waals surface area contributed by atoms with Crippen molar-refractivity contribution in [3.63, 3.8) is 0 Å². The molecule has 0 amide bonds. The van der Waals surface area contributed by atoms with E-state index in [-0.39, 0.29) is 6.10 Å². The van der Waals surface area contributed by atoms with Crippen LogP contribution in [0.1, 0.15) is 48.1 Å². The number of imidazole rings is 1. The maximum absolute atomic E-state index is 6.19. The summed E-state index contributed by atoms with van der Waals surface area (Å²) in [6.45, 7) is 8.17. The van der Waals surface area contributed by atoms with Gasteiger partial charge < -0.3 is 19.9 Å². The minimum absolute atomic E-state index is 0.134. The van der Waals surface area contributed by atoms with Crippen LogP contribution in [0, 0.1) is 12.8 Å². The third kappa shape index (κ3) is 6.68. The predicted molar refractivity (Wildman–Crippen MR) is 133 cm³/mol. The molecule has 2 unspecified atom stereocenters. The van der Waals surface area contributed by atoms with E-state index in [0.29, 0.717) is 12.5 Å². The molecule has 0 spiro atoms. The van der Waals surface area contributed by atoms with Crippen molar-refractivity contribution in [2.24, 2.45) is 10.9 Å². The molecule has 3 aromatic rings. The molecule has 0 radical (unpaired) electrons. The van der Waals surface area contributed by atoms with Crippen LogP contribution in [-0.2, 0) is 17.8 Å². The molecule has 0 saturated carbocycles. The summed E-state index contributed by atoms with van der Waals surface area (Å²) in [4.78, 5) is 8.97. The third-order valence-electron chi connectivity index (χ3n) is 6.06. The lowest BCUT2D eigenvalue weighted by atomic mass is 9.89. The van der Waals surface area contributed by atoms with Crippen molar-refractivity contribution in [2.75, 3.05) is 19.7 Å². The summed E-state index contributed by atoms with van der Waals surface area (Å²) in [5, 5.41) is 6.96. The molecule has 0 aliphatic carbocycles. The van der Waals surface area contributed by atoms with E-state index >= 15 is 0 Å². The van der Waals surface area contributed by atoms with Crippen molar-refractivity contribution in [1.82, 2.24) is 20.2 Å². The normalized spacial score (nSPS) is 18.8. The molecule has 2 N–H and O–H groups in total. The van der Waals surface area contributed by atoms with E-state index in [2.05, 4.69) is 82.6 Å². The van der Waals surface area contributed by atoms with Gasteiger partial charge in [0.05, 0.1) is 19.0 Å². The number of nitrogens with zero attached hydrogens (tertiary/aromatic N) is 3. The summed E-state index contributed by atoms with van der Waals surface area (Å²) in [5.74, 6) is 1.27. The van der Waals surface area contributed by atoms with Crippen LogP contribution in [0.25, 0.3) is 0 Å². The van der Waals surface area contributed by atoms with Gasteiger partial charge >= 0.3 is 0 Å². The molecule has 1 aliphatic heterocycles. The SMILES string of the molecule is CCNC(=NCc1cccc(Cn2ccnc2)c1)NCC1CCCOC1c1ccc(C)cc1. The number of hydrogen-bond acceptors (Lipinski definition) is 3. The average molecular weight is 446 g/mol. The smallest absolute Gasteiger partial charge is 0.191 e. The Hall–Kier alpha value is -3.12. The zero-order valence-electron chi connectivity index (χ0n) is 19.7. The van der Waals surface area contributed by atoms with Crippen LogP contribution in [0.5, 0.6) is 0 Å². The van der Waals surface area contributed by atoms with Crippen LogP contribution in [0.4, 0.5) is 0 Å². The number of nitrogens with one attached hydrogen (secondary N) is 2. The Labute approximate surface area is 197 Å². The van der Waals surface area contributed by atoms with Crippen LogP contribution in [0.3, 0.4) is 0 Å². The van der Waals surface area contributed by atoms with Crippen molar-refractivity contribution in [3.8, 4) is 0 Å². The maximum atomic E-state index is 6.19. The molecule has 4 rings (SSSR count). The molecule has 1 saturated heterocycles. The fourth-order valence-corrected chi connectivity index (χ4v) is 4.33. The summed E-state index contributed by atoms with van der Waals surface area (Å²) in [6, 6.07) is 17.3. The highest BCUT2D eigenvalue weighted by molar-refractivity contribution is 5.79. The topological polar surface area (TPSA) is 63.5 Å². The second kappa shape index (κ2) is 11.7. The monoisotopic (exact) mass is 445 g/mol. The number of hydrogen-bond donors (Lipinski definition) is 2. The van der Waals surface area contributed by atoms with Gasteiger partial charge in [0, 0.05) is 44.6 Å². The third-order valence-corrected chi connectivity index (χ3v) is 6.06. The van der Waals surface area contributed by atoms with Crippen LogP contribution >= 0.6 is 0 Å². The van der Waals surface area contributed by atoms with Crippen LogP contribution < -0.4 is 10.6 Å². The Balaban J connectivity index is 1.38. The largest absolute Gasteiger partial charge is 0.373 e. The second-order valence-electron chi connectivity index (χ2n) is 8.74. The van der Waals surface area contributed by atoms with Gasteiger partial charge in [-0.05, 0) is 43.4 Å². The number of rotatable bonds is 8. The lowest BCUT2D eigenvalue weighted by Crippen LogP contribution is -2.42. The number of aryl methyl sites for hydroxylation is 1. The Bertz CT molecular complexity index is 1010. The molecule has 6 heteroatoms. The molecule has 2 atom stereocenters. The summed E-state index contributed by atoms with van der Waals surface area (Å²) < 4.78 is 8.26. The van der Waals surface area contributed by atoms with Crippen molar-refractivity contribution in [1.29, 1.82) is 0 Å². The zero-order chi connectivity index (χ0) is 22.9. The highest BCUT2D eigenvalue weighted by Crippen LogP contribution is 2.33. The van der Waals surface area contributed by atoms with E-state index in [0.717, 1.165) is 45.0 Å². The van der Waals surface area contributed by atoms with Gasteiger partial charge in [0.25, 0.3) is 0 Å². The Morgan fingerprint density at radius 3 is 2.79 bits per heavy atom. The molecule has 2 heterocycles. The average Bonchev–Trinajstić information content (AvgIpc) is 3.35. The van der Waals surface area contributed by atoms with Gasteiger partial charge in [-0.3, -0.25) is 0 Å². The first-order chi connectivity index (χ1) is 16.2. The molecular weight excluding hydrogens is 410 g/mol. The first-order valence-corrected chi connectivity index (χ1v) is 11.9. The summed E-state index contributed by atoms with van der Waals surface area (Å²) >= 11 is 0. The van der Waals surface area contributed by atoms with Crippen LogP contribution in [0.15, 0.2) is 72.2 Å². The summed E-state index contributed by atoms with van der Waals surface area (Å²) in [7, 11) is 0. The van der Waals surface area contributed by atoms with E-state index in [1.165, 1.54) is 22.3 Å². The second-order valence-corrected chi connectivity index (χ2v) is 8.74. The molecule has 2 aromatic carbocycles. The van der Waals surface area contributed by atoms with Crippen molar-refractivity contribution in [2.45, 2.75) is 45.9 Å². The van der Waals surface area contributed by atoms with Crippen molar-refractivity contribution < 1.29 is 4.74 Å². The van der Waals surface area contributed by atoms with Gasteiger partial charge in [-0.25, -0.2) is 9.98 Å². The van der Waals surface area contributed by atoms with E-state index in [9.17, 15) is 0 Å². The Morgan fingerprint density at radius 2 is 2.00 bits per heavy atom. The van der Waals surface area contributed by atoms with Crippen LogP contribution in [0.2, 0.25) is 0 Å². The van der Waals surface area contributed by atoms with Gasteiger partial charge in [-0.15, -0.1) is 0 Å². The number of benzene rings is 2. The number of ether oxygens (including phenoxy) is 1. The van der Waals surface area contributed by atoms with E-state index in [1.54, 1.807) is 0 Å². The lowest BCUT2D eigenvalue weighted by Gasteiger charge is -2.32. The fraction of sp³-hybridized carbons (Fsp3) is 0.407. The standard InChI is InChI=1S/C27H35N5O/c1-3-29-27(30-17-22-6-4-7-23(16-22)19-32-14-13-28-20-32)31-18-25-8-5-15-33-26(25)24-11-9-21(2)10-12-24/h4,6-7,9-14,16,20,25-26H,3,5,8,15,17-19H2,1-2H3,(H2,29,30,31). The van der Waals surface area contributed by atoms with Gasteiger partial charge in [-0.2, -0.15) is 0 Å². The first-order valence-electron chi connectivity index (χ1n) is 11.9. The minimum Gasteiger partial charge on any atom is -0.373 e. The lowest BCUT2D eigenvalue weighted by molar-refractivity contribution is -0.0265. The van der Waals surface area contributed by atoms with E-state index in [4.69, 9.17) is 9.73 Å². The highest BCUT2D eigenvalue weighted by Gasteiger charge is 2.27. The highest BCUT2D eigenvalue weighted by atomic mass is 16.5. The van der Waals surface area contributed by atoms with Gasteiger partial charge in [0.2, 0.25) is 0 Å². The Morgan fingerprint density at radius 1 is 1.15 bits per heavy atom. The fourth-order valence-electron chi connectivity index (χ4n) is 4.33. The number of guanidine groups is 1. The van der Waals surface area contributed by atoms with Gasteiger partial charge in [0.1, 0.15) is 0 Å². The molecule has 1 aromatic heterocycles.